The first-order valence-electron chi connectivity index (χ1n) is 5.73. The molecule has 2 aromatic rings. The second-order valence-electron chi connectivity index (χ2n) is 4.30. The van der Waals surface area contributed by atoms with E-state index >= 15 is 0 Å². The summed E-state index contributed by atoms with van der Waals surface area (Å²) in [5.41, 5.74) is 6.85. The van der Waals surface area contributed by atoms with Gasteiger partial charge in [0.2, 0.25) is 0 Å². The van der Waals surface area contributed by atoms with Crippen LogP contribution in [0.25, 0.3) is 0 Å². The Kier molecular flexibility index (Phi) is 4.22. The molecule has 96 valence electrons. The van der Waals surface area contributed by atoms with Crippen molar-refractivity contribution in [3.63, 3.8) is 0 Å². The molecule has 0 aliphatic carbocycles. The highest BCUT2D eigenvalue weighted by atomic mass is 35.5. The number of halogens is 1. The van der Waals surface area contributed by atoms with Crippen LogP contribution < -0.4 is 10.6 Å². The highest BCUT2D eigenvalue weighted by Gasteiger charge is 2.06. The first kappa shape index (κ1) is 13.3. The van der Waals surface area contributed by atoms with Crippen molar-refractivity contribution in [3.05, 3.63) is 45.2 Å². The quantitative estimate of drug-likeness (QED) is 0.933. The Balaban J connectivity index is 2.06. The number of pyridine rings is 1. The van der Waals surface area contributed by atoms with Crippen LogP contribution in [0.3, 0.4) is 0 Å². The van der Waals surface area contributed by atoms with Gasteiger partial charge in [-0.05, 0) is 30.7 Å². The highest BCUT2D eigenvalue weighted by molar-refractivity contribution is 7.16. The average Bonchev–Trinajstić information content (AvgIpc) is 2.75. The van der Waals surface area contributed by atoms with Crippen LogP contribution in [0.1, 0.15) is 23.4 Å². The van der Waals surface area contributed by atoms with Crippen molar-refractivity contribution in [2.45, 2.75) is 19.5 Å². The van der Waals surface area contributed by atoms with Gasteiger partial charge in [0.15, 0.2) is 0 Å². The first-order chi connectivity index (χ1) is 8.56. The summed E-state index contributed by atoms with van der Waals surface area (Å²) < 4.78 is 0.818. The smallest absolute Gasteiger partial charge is 0.128 e. The van der Waals surface area contributed by atoms with Gasteiger partial charge in [0, 0.05) is 24.2 Å². The summed E-state index contributed by atoms with van der Waals surface area (Å²) in [5, 5.41) is 0. The van der Waals surface area contributed by atoms with E-state index in [1.165, 1.54) is 4.88 Å². The van der Waals surface area contributed by atoms with E-state index in [0.29, 0.717) is 0 Å². The summed E-state index contributed by atoms with van der Waals surface area (Å²) >= 11 is 7.51. The maximum absolute atomic E-state index is 5.92. The van der Waals surface area contributed by atoms with Gasteiger partial charge >= 0.3 is 0 Å². The van der Waals surface area contributed by atoms with Gasteiger partial charge in [-0.1, -0.05) is 17.7 Å². The summed E-state index contributed by atoms with van der Waals surface area (Å²) in [7, 11) is 2.02. The fourth-order valence-electron chi connectivity index (χ4n) is 1.64. The van der Waals surface area contributed by atoms with Crippen LogP contribution in [0.5, 0.6) is 0 Å². The number of rotatable bonds is 4. The van der Waals surface area contributed by atoms with Crippen LogP contribution in [0.15, 0.2) is 30.5 Å². The minimum absolute atomic E-state index is 0.0213. The largest absolute Gasteiger partial charge is 0.355 e. The van der Waals surface area contributed by atoms with Gasteiger partial charge in [-0.15, -0.1) is 11.3 Å². The zero-order chi connectivity index (χ0) is 13.1. The van der Waals surface area contributed by atoms with Crippen LogP contribution >= 0.6 is 22.9 Å². The molecule has 2 heterocycles. The highest BCUT2D eigenvalue weighted by Crippen LogP contribution is 2.24. The van der Waals surface area contributed by atoms with Crippen molar-refractivity contribution in [1.29, 1.82) is 0 Å². The molecule has 0 saturated heterocycles. The average molecular weight is 282 g/mol. The van der Waals surface area contributed by atoms with E-state index in [9.17, 15) is 0 Å². The van der Waals surface area contributed by atoms with Gasteiger partial charge < -0.3 is 10.6 Å². The molecule has 0 aromatic carbocycles. The van der Waals surface area contributed by atoms with Crippen LogP contribution in [-0.4, -0.2) is 12.0 Å². The Bertz CT molecular complexity index is 507. The zero-order valence-corrected chi connectivity index (χ0v) is 12.0. The van der Waals surface area contributed by atoms with E-state index in [0.717, 1.165) is 22.3 Å². The van der Waals surface area contributed by atoms with Crippen molar-refractivity contribution in [2.24, 2.45) is 5.73 Å². The molecule has 2 aromatic heterocycles. The molecule has 0 radical (unpaired) electrons. The van der Waals surface area contributed by atoms with Crippen molar-refractivity contribution in [2.75, 3.05) is 11.9 Å². The van der Waals surface area contributed by atoms with E-state index in [-0.39, 0.29) is 6.04 Å². The molecule has 0 spiro atoms. The summed E-state index contributed by atoms with van der Waals surface area (Å²) in [4.78, 5) is 7.73. The van der Waals surface area contributed by atoms with Crippen LogP contribution in [0.4, 0.5) is 5.82 Å². The standard InChI is InChI=1S/C13H16ClN3S/c1-9(15)10-3-6-13(16-7-10)17(2)8-11-4-5-12(14)18-11/h3-7,9H,8,15H2,1-2H3/t9-/m1/s1. The normalized spacial score (nSPS) is 12.4. The van der Waals surface area contributed by atoms with E-state index in [1.807, 2.05) is 44.4 Å². The summed E-state index contributed by atoms with van der Waals surface area (Å²) in [6.07, 6.45) is 1.83. The van der Waals surface area contributed by atoms with Crippen LogP contribution in [0, 0.1) is 0 Å². The molecule has 0 saturated carbocycles. The van der Waals surface area contributed by atoms with E-state index in [1.54, 1.807) is 11.3 Å². The molecular formula is C13H16ClN3S. The van der Waals surface area contributed by atoms with Gasteiger partial charge in [-0.2, -0.15) is 0 Å². The Labute approximate surface area is 116 Å². The maximum atomic E-state index is 5.92. The summed E-state index contributed by atoms with van der Waals surface area (Å²) in [6, 6.07) is 7.99. The van der Waals surface area contributed by atoms with Crippen molar-refractivity contribution in [1.82, 2.24) is 4.98 Å². The molecule has 5 heteroatoms. The van der Waals surface area contributed by atoms with Crippen LogP contribution in [-0.2, 0) is 6.54 Å². The van der Waals surface area contributed by atoms with E-state index in [4.69, 9.17) is 17.3 Å². The molecule has 0 unspecified atom stereocenters. The Morgan fingerprint density at radius 1 is 1.39 bits per heavy atom. The van der Waals surface area contributed by atoms with Gasteiger partial charge in [-0.3, -0.25) is 0 Å². The van der Waals surface area contributed by atoms with E-state index < -0.39 is 0 Å². The maximum Gasteiger partial charge on any atom is 0.128 e. The van der Waals surface area contributed by atoms with Crippen molar-refractivity contribution < 1.29 is 0 Å². The lowest BCUT2D eigenvalue weighted by molar-refractivity contribution is 0.807. The number of hydrogen-bond donors (Lipinski definition) is 1. The number of aromatic nitrogens is 1. The minimum atomic E-state index is 0.0213. The lowest BCUT2D eigenvalue weighted by atomic mass is 10.1. The molecule has 18 heavy (non-hydrogen) atoms. The zero-order valence-electron chi connectivity index (χ0n) is 10.4. The fraction of sp³-hybridized carbons (Fsp3) is 0.308. The second-order valence-corrected chi connectivity index (χ2v) is 6.10. The molecule has 2 rings (SSSR count). The third-order valence-corrected chi connectivity index (χ3v) is 3.93. The predicted octanol–water partition coefficient (Wildman–Crippen LogP) is 3.45. The third-order valence-electron chi connectivity index (χ3n) is 2.71. The van der Waals surface area contributed by atoms with E-state index in [2.05, 4.69) is 9.88 Å². The molecule has 0 fully saturated rings. The number of nitrogens with two attached hydrogens (primary N) is 1. The molecule has 1 atom stereocenters. The predicted molar refractivity (Wildman–Crippen MR) is 78.3 cm³/mol. The Morgan fingerprint density at radius 3 is 2.67 bits per heavy atom. The topological polar surface area (TPSA) is 42.1 Å². The molecule has 0 aliphatic rings. The third kappa shape index (κ3) is 3.22. The number of thiophene rings is 1. The molecule has 3 nitrogen and oxygen atoms in total. The Morgan fingerprint density at radius 2 is 2.17 bits per heavy atom. The first-order valence-corrected chi connectivity index (χ1v) is 6.92. The minimum Gasteiger partial charge on any atom is -0.355 e. The van der Waals surface area contributed by atoms with Crippen LogP contribution in [0.2, 0.25) is 4.34 Å². The Hall–Kier alpha value is -1.10. The summed E-state index contributed by atoms with van der Waals surface area (Å²) in [6.45, 7) is 2.76. The monoisotopic (exact) mass is 281 g/mol. The molecule has 0 amide bonds. The molecule has 0 bridgehead atoms. The van der Waals surface area contributed by atoms with Gasteiger partial charge in [-0.25, -0.2) is 4.98 Å². The van der Waals surface area contributed by atoms with Gasteiger partial charge in [0.05, 0.1) is 10.9 Å². The number of anilines is 1. The van der Waals surface area contributed by atoms with Gasteiger partial charge in [0.25, 0.3) is 0 Å². The molecule has 2 N–H and O–H groups in total. The summed E-state index contributed by atoms with van der Waals surface area (Å²) in [5.74, 6) is 0.934. The van der Waals surface area contributed by atoms with Gasteiger partial charge in [0.1, 0.15) is 5.82 Å². The second kappa shape index (κ2) is 5.69. The lowest BCUT2D eigenvalue weighted by Gasteiger charge is -2.17. The van der Waals surface area contributed by atoms with Crippen molar-refractivity contribution in [3.8, 4) is 0 Å². The molecular weight excluding hydrogens is 266 g/mol. The molecule has 0 aliphatic heterocycles. The fourth-order valence-corrected chi connectivity index (χ4v) is 2.79. The lowest BCUT2D eigenvalue weighted by Crippen LogP contribution is -2.17. The SMILES string of the molecule is C[C@@H](N)c1ccc(N(C)Cc2ccc(Cl)s2)nc1. The number of nitrogens with zero attached hydrogens (tertiary/aromatic N) is 2. The van der Waals surface area contributed by atoms with Crippen molar-refractivity contribution >= 4 is 28.8 Å². The number of hydrogen-bond acceptors (Lipinski definition) is 4.